The lowest BCUT2D eigenvalue weighted by Gasteiger charge is -2.42. The Hall–Kier alpha value is -4.65. The number of ether oxygens (including phenoxy) is 1. The van der Waals surface area contributed by atoms with E-state index in [-0.39, 0.29) is 18.4 Å². The van der Waals surface area contributed by atoms with Gasteiger partial charge in [0.05, 0.1) is 35.8 Å². The van der Waals surface area contributed by atoms with Crippen LogP contribution in [0.2, 0.25) is 5.02 Å². The lowest BCUT2D eigenvalue weighted by molar-refractivity contribution is -0.127. The van der Waals surface area contributed by atoms with E-state index in [1.807, 2.05) is 47.4 Å². The molecular formula is C38H40ClN7O2. The number of likely N-dealkylation sites (tertiary alicyclic amines) is 1. The van der Waals surface area contributed by atoms with Crippen LogP contribution in [-0.4, -0.2) is 84.1 Å². The first-order valence-electron chi connectivity index (χ1n) is 16.7. The molecule has 4 aromatic rings. The summed E-state index contributed by atoms with van der Waals surface area (Å²) in [4.78, 5) is 32.4. The number of nitrogens with zero attached hydrogens (tertiary/aromatic N) is 7. The second kappa shape index (κ2) is 13.8. The van der Waals surface area contributed by atoms with E-state index in [0.29, 0.717) is 50.4 Å². The fourth-order valence-corrected chi connectivity index (χ4v) is 7.63. The van der Waals surface area contributed by atoms with E-state index in [0.717, 1.165) is 76.5 Å². The highest BCUT2D eigenvalue weighted by molar-refractivity contribution is 6.36. The normalized spacial score (nSPS) is 19.6. The number of aromatic nitrogens is 2. The van der Waals surface area contributed by atoms with Crippen LogP contribution in [0.3, 0.4) is 0 Å². The van der Waals surface area contributed by atoms with Gasteiger partial charge in [-0.05, 0) is 55.9 Å². The van der Waals surface area contributed by atoms with Crippen molar-refractivity contribution in [3.63, 3.8) is 0 Å². The van der Waals surface area contributed by atoms with Gasteiger partial charge in [-0.2, -0.15) is 15.2 Å². The zero-order valence-corrected chi connectivity index (χ0v) is 28.1. The highest BCUT2D eigenvalue weighted by Crippen LogP contribution is 2.37. The molecule has 2 fully saturated rings. The molecular weight excluding hydrogens is 622 g/mol. The van der Waals surface area contributed by atoms with Gasteiger partial charge in [-0.3, -0.25) is 4.79 Å². The Morgan fingerprint density at radius 1 is 1.00 bits per heavy atom. The molecule has 1 aromatic heterocycles. The van der Waals surface area contributed by atoms with Crippen LogP contribution in [0.4, 0.5) is 11.5 Å². The van der Waals surface area contributed by atoms with Gasteiger partial charge in [-0.25, -0.2) is 0 Å². The number of fused-ring (bicyclic) bond motifs is 2. The highest BCUT2D eigenvalue weighted by Gasteiger charge is 2.35. The number of hydrogen-bond donors (Lipinski definition) is 0. The molecule has 10 heteroatoms. The quantitative estimate of drug-likeness (QED) is 0.214. The number of rotatable bonds is 8. The summed E-state index contributed by atoms with van der Waals surface area (Å²) >= 11 is 6.74. The summed E-state index contributed by atoms with van der Waals surface area (Å²) in [5.74, 6) is 0.696. The molecule has 2 atom stereocenters. The Bertz CT molecular complexity index is 1870. The highest BCUT2D eigenvalue weighted by atomic mass is 35.5. The maximum absolute atomic E-state index is 13.7. The standard InChI is InChI=1S/C38H40ClN7O2/c1-26(27-9-4-3-5-10-27)37(47)46-22-21-45(23-29(46)16-18-40)36-31-17-20-44(34-15-7-12-28-11-6-14-32(39)35(28)34)24-33(31)41-38(42-36)48-25-30-13-8-19-43(30)2/h3-7,9-12,14-15,29-30H,1,8,13,16-17,19-25H2,2H3/t29-,30-/m0/s1. The van der Waals surface area contributed by atoms with Crippen molar-refractivity contribution in [2.24, 2.45) is 0 Å². The van der Waals surface area contributed by atoms with Crippen molar-refractivity contribution in [2.45, 2.75) is 44.3 Å². The molecule has 1 amide bonds. The summed E-state index contributed by atoms with van der Waals surface area (Å²) < 4.78 is 6.34. The summed E-state index contributed by atoms with van der Waals surface area (Å²) in [6.45, 7) is 8.59. The van der Waals surface area contributed by atoms with Gasteiger partial charge in [0.15, 0.2) is 0 Å². The number of carbonyl (C=O) groups excluding carboxylic acids is 1. The molecule has 0 bridgehead atoms. The molecule has 246 valence electrons. The number of amides is 1. The molecule has 0 radical (unpaired) electrons. The molecule has 0 unspecified atom stereocenters. The molecule has 48 heavy (non-hydrogen) atoms. The fourth-order valence-electron chi connectivity index (χ4n) is 7.35. The minimum absolute atomic E-state index is 0.139. The second-order valence-electron chi connectivity index (χ2n) is 12.9. The van der Waals surface area contributed by atoms with E-state index in [1.165, 1.54) is 0 Å². The third-order valence-corrected chi connectivity index (χ3v) is 10.3. The molecule has 0 N–H and O–H groups in total. The van der Waals surface area contributed by atoms with Crippen LogP contribution in [-0.2, 0) is 17.8 Å². The molecule has 0 spiro atoms. The number of halogens is 1. The van der Waals surface area contributed by atoms with Gasteiger partial charge in [0.2, 0.25) is 0 Å². The van der Waals surface area contributed by atoms with Crippen LogP contribution in [0, 0.1) is 11.3 Å². The molecule has 3 aromatic carbocycles. The fraction of sp³-hybridized carbons (Fsp3) is 0.368. The average molecular weight is 662 g/mol. The SMILES string of the molecule is C=C(C(=O)N1CCN(c2nc(OC[C@@H]3CCCN3C)nc3c2CCN(c2cccc4cccc(Cl)c24)C3)C[C@@H]1CC#N)c1ccccc1. The Morgan fingerprint density at radius 3 is 2.58 bits per heavy atom. The summed E-state index contributed by atoms with van der Waals surface area (Å²) in [6, 6.07) is 24.5. The molecule has 4 heterocycles. The summed E-state index contributed by atoms with van der Waals surface area (Å²) in [5.41, 5.74) is 4.33. The van der Waals surface area contributed by atoms with Crippen LogP contribution >= 0.6 is 11.6 Å². The van der Waals surface area contributed by atoms with E-state index in [1.54, 1.807) is 0 Å². The van der Waals surface area contributed by atoms with Crippen LogP contribution in [0.5, 0.6) is 6.01 Å². The van der Waals surface area contributed by atoms with Crippen molar-refractivity contribution in [3.8, 4) is 12.1 Å². The van der Waals surface area contributed by atoms with Gasteiger partial charge in [-0.1, -0.05) is 72.8 Å². The van der Waals surface area contributed by atoms with Gasteiger partial charge in [0.25, 0.3) is 5.91 Å². The number of nitriles is 1. The topological polar surface area (TPSA) is 88.8 Å². The van der Waals surface area contributed by atoms with E-state index in [9.17, 15) is 10.1 Å². The Kier molecular flexibility index (Phi) is 9.20. The van der Waals surface area contributed by atoms with Crippen molar-refractivity contribution < 1.29 is 9.53 Å². The molecule has 3 aliphatic rings. The van der Waals surface area contributed by atoms with Crippen molar-refractivity contribution in [3.05, 3.63) is 95.2 Å². The number of likely N-dealkylation sites (N-methyl/N-ethyl adjacent to an activating group) is 1. The maximum atomic E-state index is 13.7. The van der Waals surface area contributed by atoms with Gasteiger partial charge < -0.3 is 24.3 Å². The van der Waals surface area contributed by atoms with E-state index >= 15 is 0 Å². The van der Waals surface area contributed by atoms with Gasteiger partial charge in [0.1, 0.15) is 12.4 Å². The lowest BCUT2D eigenvalue weighted by atomic mass is 10.00. The third kappa shape index (κ3) is 6.30. The Labute approximate surface area is 287 Å². The molecule has 3 aliphatic heterocycles. The van der Waals surface area contributed by atoms with Crippen molar-refractivity contribution in [1.29, 1.82) is 5.26 Å². The summed E-state index contributed by atoms with van der Waals surface area (Å²) in [6.07, 6.45) is 3.20. The van der Waals surface area contributed by atoms with Gasteiger partial charge in [-0.15, -0.1) is 0 Å². The summed E-state index contributed by atoms with van der Waals surface area (Å²) in [5, 5.41) is 12.7. The smallest absolute Gasteiger partial charge is 0.318 e. The van der Waals surface area contributed by atoms with Crippen molar-refractivity contribution in [2.75, 3.05) is 56.2 Å². The van der Waals surface area contributed by atoms with Gasteiger partial charge >= 0.3 is 6.01 Å². The minimum atomic E-state index is -0.309. The third-order valence-electron chi connectivity index (χ3n) is 10.0. The second-order valence-corrected chi connectivity index (χ2v) is 13.3. The van der Waals surface area contributed by atoms with Gasteiger partial charge in [0, 0.05) is 54.4 Å². The minimum Gasteiger partial charge on any atom is -0.462 e. The van der Waals surface area contributed by atoms with Crippen molar-refractivity contribution in [1.82, 2.24) is 19.8 Å². The Morgan fingerprint density at radius 2 is 1.81 bits per heavy atom. The van der Waals surface area contributed by atoms with E-state index in [2.05, 4.69) is 58.7 Å². The summed E-state index contributed by atoms with van der Waals surface area (Å²) in [7, 11) is 2.13. The predicted octanol–water partition coefficient (Wildman–Crippen LogP) is 5.96. The molecule has 7 rings (SSSR count). The monoisotopic (exact) mass is 661 g/mol. The van der Waals surface area contributed by atoms with Crippen molar-refractivity contribution >= 4 is 45.4 Å². The first-order valence-corrected chi connectivity index (χ1v) is 17.1. The lowest BCUT2D eigenvalue weighted by Crippen LogP contribution is -2.56. The Balaban J connectivity index is 1.19. The number of hydrogen-bond acceptors (Lipinski definition) is 8. The van der Waals surface area contributed by atoms with Crippen LogP contribution in [0.1, 0.15) is 36.1 Å². The largest absolute Gasteiger partial charge is 0.462 e. The van der Waals surface area contributed by atoms with E-state index < -0.39 is 0 Å². The predicted molar refractivity (Wildman–Crippen MR) is 190 cm³/mol. The average Bonchev–Trinajstić information content (AvgIpc) is 3.54. The van der Waals surface area contributed by atoms with E-state index in [4.69, 9.17) is 26.3 Å². The first-order chi connectivity index (χ1) is 23.4. The molecule has 2 saturated heterocycles. The number of anilines is 2. The van der Waals surface area contributed by atoms with Crippen LogP contribution in [0.15, 0.2) is 73.3 Å². The zero-order valence-electron chi connectivity index (χ0n) is 27.3. The first kappa shape index (κ1) is 31.9. The van der Waals surface area contributed by atoms with Crippen LogP contribution < -0.4 is 14.5 Å². The molecule has 0 aliphatic carbocycles. The number of benzene rings is 3. The zero-order chi connectivity index (χ0) is 33.2. The maximum Gasteiger partial charge on any atom is 0.318 e. The number of piperazine rings is 1. The molecule has 9 nitrogen and oxygen atoms in total. The van der Waals surface area contributed by atoms with Crippen LogP contribution in [0.25, 0.3) is 16.3 Å². The number of carbonyl (C=O) groups is 1. The molecule has 0 saturated carbocycles.